The van der Waals surface area contributed by atoms with Gasteiger partial charge in [-0.1, -0.05) is 42.0 Å². The van der Waals surface area contributed by atoms with Crippen LogP contribution >= 0.6 is 0 Å². The number of rotatable bonds is 1. The van der Waals surface area contributed by atoms with Crippen molar-refractivity contribution >= 4 is 21.5 Å². The third kappa shape index (κ3) is 1.64. The van der Waals surface area contributed by atoms with E-state index in [1.54, 1.807) is 7.11 Å². The molecule has 1 heteroatoms. The zero-order valence-electron chi connectivity index (χ0n) is 10.0. The smallest absolute Gasteiger partial charge is 0.119 e. The summed E-state index contributed by atoms with van der Waals surface area (Å²) in [6, 6.07) is 17.1. The molecule has 0 fully saturated rings. The number of methoxy groups -OCH3 is 1. The Balaban J connectivity index is 2.47. The molecule has 0 aliphatic carbocycles. The summed E-state index contributed by atoms with van der Waals surface area (Å²) in [4.78, 5) is 0. The maximum atomic E-state index is 5.30. The van der Waals surface area contributed by atoms with Crippen LogP contribution in [0.4, 0.5) is 0 Å². The third-order valence-electron chi connectivity index (χ3n) is 3.20. The second-order valence-electron chi connectivity index (χ2n) is 4.38. The van der Waals surface area contributed by atoms with Gasteiger partial charge in [-0.3, -0.25) is 0 Å². The molecule has 0 aromatic heterocycles. The standard InChI is InChI=1S/C16H14O/c1-11-3-4-12-5-6-13-7-8-14(17-2)10-16(13)15(12)9-11/h3-10H,1-2H3. The molecule has 0 N–H and O–H groups in total. The molecule has 0 saturated carbocycles. The van der Waals surface area contributed by atoms with Crippen LogP contribution in [0.1, 0.15) is 5.56 Å². The van der Waals surface area contributed by atoms with Gasteiger partial charge in [-0.2, -0.15) is 0 Å². The van der Waals surface area contributed by atoms with Crippen molar-refractivity contribution in [2.45, 2.75) is 6.92 Å². The van der Waals surface area contributed by atoms with Crippen molar-refractivity contribution in [1.29, 1.82) is 0 Å². The largest absolute Gasteiger partial charge is 0.497 e. The summed E-state index contributed by atoms with van der Waals surface area (Å²) in [7, 11) is 1.71. The number of ether oxygens (including phenoxy) is 1. The molecule has 0 spiro atoms. The molecule has 3 aromatic rings. The van der Waals surface area contributed by atoms with Crippen LogP contribution in [0.2, 0.25) is 0 Å². The second kappa shape index (κ2) is 3.77. The van der Waals surface area contributed by atoms with Crippen LogP contribution in [0.25, 0.3) is 21.5 Å². The summed E-state index contributed by atoms with van der Waals surface area (Å²) in [6.07, 6.45) is 0. The van der Waals surface area contributed by atoms with Crippen LogP contribution in [0.5, 0.6) is 5.75 Å². The number of benzene rings is 3. The summed E-state index contributed by atoms with van der Waals surface area (Å²) >= 11 is 0. The normalized spacial score (nSPS) is 10.9. The van der Waals surface area contributed by atoms with Gasteiger partial charge in [-0.15, -0.1) is 0 Å². The van der Waals surface area contributed by atoms with Gasteiger partial charge in [-0.25, -0.2) is 0 Å². The van der Waals surface area contributed by atoms with Crippen molar-refractivity contribution < 1.29 is 4.74 Å². The topological polar surface area (TPSA) is 9.23 Å². The molecule has 1 nitrogen and oxygen atoms in total. The quantitative estimate of drug-likeness (QED) is 0.557. The van der Waals surface area contributed by atoms with Crippen molar-refractivity contribution in [3.8, 4) is 5.75 Å². The van der Waals surface area contributed by atoms with Gasteiger partial charge >= 0.3 is 0 Å². The fraction of sp³-hybridized carbons (Fsp3) is 0.125. The highest BCUT2D eigenvalue weighted by Crippen LogP contribution is 2.29. The fourth-order valence-corrected chi connectivity index (χ4v) is 2.27. The molecule has 3 aromatic carbocycles. The van der Waals surface area contributed by atoms with E-state index in [1.165, 1.54) is 27.1 Å². The Morgan fingerprint density at radius 3 is 2.06 bits per heavy atom. The number of fused-ring (bicyclic) bond motifs is 3. The summed E-state index contributed by atoms with van der Waals surface area (Å²) in [5, 5.41) is 5.08. The zero-order valence-corrected chi connectivity index (χ0v) is 10.0. The van der Waals surface area contributed by atoms with E-state index in [1.807, 2.05) is 6.07 Å². The Morgan fingerprint density at radius 1 is 0.765 bits per heavy atom. The molecular formula is C16H14O. The van der Waals surface area contributed by atoms with Gasteiger partial charge in [0.05, 0.1) is 7.11 Å². The Morgan fingerprint density at radius 2 is 1.35 bits per heavy atom. The van der Waals surface area contributed by atoms with Gasteiger partial charge in [0.2, 0.25) is 0 Å². The summed E-state index contributed by atoms with van der Waals surface area (Å²) in [6.45, 7) is 2.12. The lowest BCUT2D eigenvalue weighted by molar-refractivity contribution is 0.415. The highest BCUT2D eigenvalue weighted by atomic mass is 16.5. The maximum Gasteiger partial charge on any atom is 0.119 e. The van der Waals surface area contributed by atoms with Crippen molar-refractivity contribution in [2.24, 2.45) is 0 Å². The first-order chi connectivity index (χ1) is 8.28. The van der Waals surface area contributed by atoms with E-state index in [4.69, 9.17) is 4.74 Å². The lowest BCUT2D eigenvalue weighted by Crippen LogP contribution is -1.84. The molecular weight excluding hydrogens is 208 g/mol. The SMILES string of the molecule is COc1ccc2ccc3ccc(C)cc3c2c1. The van der Waals surface area contributed by atoms with Crippen LogP contribution in [0.3, 0.4) is 0 Å². The van der Waals surface area contributed by atoms with Gasteiger partial charge in [0.15, 0.2) is 0 Å². The Bertz CT molecular complexity index is 698. The minimum absolute atomic E-state index is 0.909. The molecule has 0 atom stereocenters. The van der Waals surface area contributed by atoms with Crippen molar-refractivity contribution in [3.63, 3.8) is 0 Å². The van der Waals surface area contributed by atoms with E-state index in [9.17, 15) is 0 Å². The number of aryl methyl sites for hydroxylation is 1. The molecule has 0 heterocycles. The summed E-state index contributed by atoms with van der Waals surface area (Å²) in [5.41, 5.74) is 1.29. The van der Waals surface area contributed by atoms with Crippen LogP contribution in [-0.4, -0.2) is 7.11 Å². The van der Waals surface area contributed by atoms with Crippen LogP contribution in [0, 0.1) is 6.92 Å². The van der Waals surface area contributed by atoms with E-state index in [2.05, 4.69) is 49.4 Å². The van der Waals surface area contributed by atoms with Crippen LogP contribution in [0.15, 0.2) is 48.5 Å². The fourth-order valence-electron chi connectivity index (χ4n) is 2.27. The molecule has 0 amide bonds. The third-order valence-corrected chi connectivity index (χ3v) is 3.20. The van der Waals surface area contributed by atoms with E-state index >= 15 is 0 Å². The average molecular weight is 222 g/mol. The molecule has 0 bridgehead atoms. The van der Waals surface area contributed by atoms with Gasteiger partial charge in [-0.05, 0) is 40.6 Å². The highest BCUT2D eigenvalue weighted by molar-refractivity contribution is 6.08. The maximum absolute atomic E-state index is 5.30. The first-order valence-corrected chi connectivity index (χ1v) is 5.75. The second-order valence-corrected chi connectivity index (χ2v) is 4.38. The Labute approximate surface area is 101 Å². The zero-order chi connectivity index (χ0) is 11.8. The van der Waals surface area contributed by atoms with Gasteiger partial charge in [0.25, 0.3) is 0 Å². The van der Waals surface area contributed by atoms with E-state index in [-0.39, 0.29) is 0 Å². The lowest BCUT2D eigenvalue weighted by atomic mass is 10.0. The summed E-state index contributed by atoms with van der Waals surface area (Å²) in [5.74, 6) is 0.909. The lowest BCUT2D eigenvalue weighted by Gasteiger charge is -2.07. The Kier molecular flexibility index (Phi) is 2.25. The van der Waals surface area contributed by atoms with Crippen LogP contribution in [-0.2, 0) is 0 Å². The first kappa shape index (κ1) is 10.2. The molecule has 0 radical (unpaired) electrons. The number of hydrogen-bond donors (Lipinski definition) is 0. The van der Waals surface area contributed by atoms with E-state index < -0.39 is 0 Å². The average Bonchev–Trinajstić information content (AvgIpc) is 2.38. The number of hydrogen-bond acceptors (Lipinski definition) is 1. The summed E-state index contributed by atoms with van der Waals surface area (Å²) < 4.78 is 5.30. The Hall–Kier alpha value is -2.02. The molecule has 0 unspecified atom stereocenters. The van der Waals surface area contributed by atoms with Crippen molar-refractivity contribution in [2.75, 3.05) is 7.11 Å². The molecule has 3 rings (SSSR count). The minimum Gasteiger partial charge on any atom is -0.497 e. The molecule has 0 aliphatic heterocycles. The van der Waals surface area contributed by atoms with Gasteiger partial charge < -0.3 is 4.74 Å². The molecule has 84 valence electrons. The predicted octanol–water partition coefficient (Wildman–Crippen LogP) is 4.31. The van der Waals surface area contributed by atoms with Crippen LogP contribution < -0.4 is 4.74 Å². The van der Waals surface area contributed by atoms with Gasteiger partial charge in [0.1, 0.15) is 5.75 Å². The van der Waals surface area contributed by atoms with E-state index in [0.29, 0.717) is 0 Å². The molecule has 0 saturated heterocycles. The monoisotopic (exact) mass is 222 g/mol. The minimum atomic E-state index is 0.909. The molecule has 17 heavy (non-hydrogen) atoms. The van der Waals surface area contributed by atoms with Crippen molar-refractivity contribution in [3.05, 3.63) is 54.1 Å². The van der Waals surface area contributed by atoms with E-state index in [0.717, 1.165) is 5.75 Å². The highest BCUT2D eigenvalue weighted by Gasteiger charge is 2.02. The van der Waals surface area contributed by atoms with Crippen molar-refractivity contribution in [1.82, 2.24) is 0 Å². The first-order valence-electron chi connectivity index (χ1n) is 5.75. The predicted molar refractivity (Wildman–Crippen MR) is 72.7 cm³/mol. The van der Waals surface area contributed by atoms with Gasteiger partial charge in [0, 0.05) is 0 Å². The molecule has 0 aliphatic rings.